The topological polar surface area (TPSA) is 88.2 Å². The lowest BCUT2D eigenvalue weighted by atomic mass is 10.2. The molecular weight excluding hydrogens is 357 g/mol. The lowest BCUT2D eigenvalue weighted by molar-refractivity contribution is -0.115. The molecule has 0 spiro atoms. The second-order valence-corrected chi connectivity index (χ2v) is 7.40. The number of anilines is 1. The molecule has 2 N–H and O–H groups in total. The van der Waals surface area contributed by atoms with Gasteiger partial charge in [-0.3, -0.25) is 9.78 Å². The van der Waals surface area contributed by atoms with Gasteiger partial charge in [0.15, 0.2) is 0 Å². The van der Waals surface area contributed by atoms with Crippen LogP contribution in [0.5, 0.6) is 0 Å². The van der Waals surface area contributed by atoms with Crippen molar-refractivity contribution in [3.63, 3.8) is 0 Å². The number of nitrogens with one attached hydrogen (secondary N) is 2. The lowest BCUT2D eigenvalue weighted by Gasteiger charge is -2.11. The summed E-state index contributed by atoms with van der Waals surface area (Å²) < 4.78 is 40.0. The van der Waals surface area contributed by atoms with Crippen LogP contribution in [0, 0.1) is 12.7 Å². The van der Waals surface area contributed by atoms with Crippen LogP contribution < -0.4 is 10.0 Å². The van der Waals surface area contributed by atoms with Gasteiger partial charge in [0.1, 0.15) is 5.82 Å². The number of halogens is 1. The van der Waals surface area contributed by atoms with Gasteiger partial charge < -0.3 is 5.32 Å². The van der Waals surface area contributed by atoms with Gasteiger partial charge >= 0.3 is 0 Å². The summed E-state index contributed by atoms with van der Waals surface area (Å²) in [6.45, 7) is 1.03. The third-order valence-electron chi connectivity index (χ3n) is 3.76. The number of amides is 1. The molecule has 0 unspecified atom stereocenters. The van der Waals surface area contributed by atoms with Gasteiger partial charge in [-0.15, -0.1) is 0 Å². The van der Waals surface area contributed by atoms with Crippen LogP contribution in [0.3, 0.4) is 0 Å². The predicted octanol–water partition coefficient (Wildman–Crippen LogP) is 2.60. The number of pyridine rings is 1. The standard InChI is InChI=1S/C18H16FN3O3S/c1-12-10-14(19)7-8-16(12)26(24,25)21-11-17(23)22-15-6-2-4-13-5-3-9-20-18(13)15/h2-10,21H,11H2,1H3,(H,22,23). The summed E-state index contributed by atoms with van der Waals surface area (Å²) in [5.74, 6) is -1.06. The van der Waals surface area contributed by atoms with Crippen LogP contribution >= 0.6 is 0 Å². The Labute approximate surface area is 150 Å². The molecule has 3 aromatic rings. The highest BCUT2D eigenvalue weighted by molar-refractivity contribution is 7.89. The number of para-hydroxylation sites is 1. The molecule has 8 heteroatoms. The van der Waals surface area contributed by atoms with Crippen molar-refractivity contribution in [1.29, 1.82) is 0 Å². The molecule has 1 aromatic heterocycles. The van der Waals surface area contributed by atoms with Crippen LogP contribution in [0.25, 0.3) is 10.9 Å². The highest BCUT2D eigenvalue weighted by Gasteiger charge is 2.18. The summed E-state index contributed by atoms with van der Waals surface area (Å²) in [5.41, 5.74) is 1.36. The fraction of sp³-hybridized carbons (Fsp3) is 0.111. The van der Waals surface area contributed by atoms with Crippen molar-refractivity contribution in [3.8, 4) is 0 Å². The zero-order chi connectivity index (χ0) is 18.7. The smallest absolute Gasteiger partial charge is 0.241 e. The van der Waals surface area contributed by atoms with Crippen LogP contribution in [0.1, 0.15) is 5.56 Å². The van der Waals surface area contributed by atoms with E-state index in [0.29, 0.717) is 11.2 Å². The van der Waals surface area contributed by atoms with Gasteiger partial charge in [0.2, 0.25) is 15.9 Å². The fourth-order valence-corrected chi connectivity index (χ4v) is 3.76. The maximum atomic E-state index is 13.1. The number of sulfonamides is 1. The van der Waals surface area contributed by atoms with Crippen molar-refractivity contribution >= 4 is 32.5 Å². The third-order valence-corrected chi connectivity index (χ3v) is 5.32. The van der Waals surface area contributed by atoms with E-state index in [1.54, 1.807) is 24.4 Å². The minimum atomic E-state index is -3.93. The third kappa shape index (κ3) is 3.87. The van der Waals surface area contributed by atoms with Crippen molar-refractivity contribution in [3.05, 3.63) is 66.1 Å². The first-order chi connectivity index (χ1) is 12.4. The molecular formula is C18H16FN3O3S. The summed E-state index contributed by atoms with van der Waals surface area (Å²) in [5, 5.41) is 3.50. The van der Waals surface area contributed by atoms with Crippen LogP contribution in [-0.2, 0) is 14.8 Å². The maximum absolute atomic E-state index is 13.1. The van der Waals surface area contributed by atoms with Gasteiger partial charge in [0, 0.05) is 11.6 Å². The molecule has 2 aromatic carbocycles. The second kappa shape index (κ2) is 7.19. The van der Waals surface area contributed by atoms with Gasteiger partial charge in [0.05, 0.1) is 22.6 Å². The fourth-order valence-electron chi connectivity index (χ4n) is 2.55. The molecule has 0 bridgehead atoms. The Balaban J connectivity index is 1.72. The zero-order valence-corrected chi connectivity index (χ0v) is 14.7. The summed E-state index contributed by atoms with van der Waals surface area (Å²) in [6.07, 6.45) is 1.61. The number of fused-ring (bicyclic) bond motifs is 1. The Morgan fingerprint density at radius 3 is 2.69 bits per heavy atom. The minimum Gasteiger partial charge on any atom is -0.323 e. The molecule has 0 aliphatic rings. The number of hydrogen-bond donors (Lipinski definition) is 2. The van der Waals surface area contributed by atoms with E-state index in [1.165, 1.54) is 13.0 Å². The molecule has 0 radical (unpaired) electrons. The molecule has 134 valence electrons. The molecule has 6 nitrogen and oxygen atoms in total. The van der Waals surface area contributed by atoms with E-state index >= 15 is 0 Å². The summed E-state index contributed by atoms with van der Waals surface area (Å²) in [7, 11) is -3.93. The van der Waals surface area contributed by atoms with E-state index in [4.69, 9.17) is 0 Å². The van der Waals surface area contributed by atoms with Gasteiger partial charge in [-0.1, -0.05) is 18.2 Å². The van der Waals surface area contributed by atoms with Crippen LogP contribution in [0.2, 0.25) is 0 Å². The Bertz CT molecular complexity index is 1080. The summed E-state index contributed by atoms with van der Waals surface area (Å²) in [6, 6.07) is 12.3. The SMILES string of the molecule is Cc1cc(F)ccc1S(=O)(=O)NCC(=O)Nc1cccc2cccnc12. The molecule has 0 atom stereocenters. The van der Waals surface area contributed by atoms with Crippen LogP contribution in [-0.4, -0.2) is 25.9 Å². The first-order valence-corrected chi connectivity index (χ1v) is 9.24. The molecule has 0 aliphatic heterocycles. The monoisotopic (exact) mass is 373 g/mol. The highest BCUT2D eigenvalue weighted by atomic mass is 32.2. The summed E-state index contributed by atoms with van der Waals surface area (Å²) >= 11 is 0. The number of carbonyl (C=O) groups excluding carboxylic acids is 1. The van der Waals surface area contributed by atoms with Crippen molar-refractivity contribution in [2.75, 3.05) is 11.9 Å². The van der Waals surface area contributed by atoms with E-state index in [-0.39, 0.29) is 10.5 Å². The Kier molecular flexibility index (Phi) is 4.97. The summed E-state index contributed by atoms with van der Waals surface area (Å²) in [4.78, 5) is 16.3. The van der Waals surface area contributed by atoms with E-state index in [1.807, 2.05) is 12.1 Å². The first kappa shape index (κ1) is 18.0. The molecule has 0 fully saturated rings. The molecule has 0 saturated heterocycles. The Morgan fingerprint density at radius 2 is 1.92 bits per heavy atom. The normalized spacial score (nSPS) is 11.5. The van der Waals surface area contributed by atoms with Gasteiger partial charge in [0.25, 0.3) is 0 Å². The molecule has 1 amide bonds. The molecule has 3 rings (SSSR count). The first-order valence-electron chi connectivity index (χ1n) is 7.76. The molecule has 0 aliphatic carbocycles. The maximum Gasteiger partial charge on any atom is 0.241 e. The molecule has 0 saturated carbocycles. The molecule has 1 heterocycles. The van der Waals surface area contributed by atoms with Gasteiger partial charge in [-0.05, 0) is 42.8 Å². The number of hydrogen-bond acceptors (Lipinski definition) is 4. The van der Waals surface area contributed by atoms with Crippen LogP contribution in [0.15, 0.2) is 59.6 Å². The predicted molar refractivity (Wildman–Crippen MR) is 96.7 cm³/mol. The Morgan fingerprint density at radius 1 is 1.15 bits per heavy atom. The highest BCUT2D eigenvalue weighted by Crippen LogP contribution is 2.20. The van der Waals surface area contributed by atoms with Gasteiger partial charge in [-0.2, -0.15) is 0 Å². The van der Waals surface area contributed by atoms with Crippen molar-refractivity contribution in [1.82, 2.24) is 9.71 Å². The number of benzene rings is 2. The lowest BCUT2D eigenvalue weighted by Crippen LogP contribution is -2.33. The molecule has 26 heavy (non-hydrogen) atoms. The van der Waals surface area contributed by atoms with Crippen molar-refractivity contribution in [2.24, 2.45) is 0 Å². The number of aromatic nitrogens is 1. The van der Waals surface area contributed by atoms with Crippen LogP contribution in [0.4, 0.5) is 10.1 Å². The van der Waals surface area contributed by atoms with E-state index < -0.39 is 28.3 Å². The Hall–Kier alpha value is -2.84. The van der Waals surface area contributed by atoms with E-state index in [9.17, 15) is 17.6 Å². The van der Waals surface area contributed by atoms with E-state index in [2.05, 4.69) is 15.0 Å². The number of nitrogens with zero attached hydrogens (tertiary/aromatic N) is 1. The van der Waals surface area contributed by atoms with Gasteiger partial charge in [-0.25, -0.2) is 17.5 Å². The quantitative estimate of drug-likeness (QED) is 0.720. The van der Waals surface area contributed by atoms with E-state index in [0.717, 1.165) is 17.5 Å². The second-order valence-electron chi connectivity index (χ2n) is 5.66. The minimum absolute atomic E-state index is 0.0708. The van der Waals surface area contributed by atoms with Crippen molar-refractivity contribution in [2.45, 2.75) is 11.8 Å². The number of rotatable bonds is 5. The number of aryl methyl sites for hydroxylation is 1. The zero-order valence-electron chi connectivity index (χ0n) is 13.9. The average Bonchev–Trinajstić information content (AvgIpc) is 2.60. The number of carbonyl (C=O) groups is 1. The van der Waals surface area contributed by atoms with Crippen molar-refractivity contribution < 1.29 is 17.6 Å². The largest absolute Gasteiger partial charge is 0.323 e. The average molecular weight is 373 g/mol.